The molecule has 1 amide bonds. The van der Waals surface area contributed by atoms with Crippen molar-refractivity contribution in [1.82, 2.24) is 10.3 Å². The van der Waals surface area contributed by atoms with Crippen molar-refractivity contribution in [3.05, 3.63) is 90.0 Å². The highest BCUT2D eigenvalue weighted by atomic mass is 19.1. The van der Waals surface area contributed by atoms with Crippen LogP contribution >= 0.6 is 0 Å². The van der Waals surface area contributed by atoms with E-state index in [1.165, 1.54) is 30.5 Å². The molecule has 3 aromatic rings. The van der Waals surface area contributed by atoms with Crippen LogP contribution < -0.4 is 14.8 Å². The molecule has 0 aliphatic heterocycles. The first-order valence-electron chi connectivity index (χ1n) is 9.13. The second-order valence-corrected chi connectivity index (χ2v) is 6.27. The maximum atomic E-state index is 14.2. The Bertz CT molecular complexity index is 990. The first-order valence-corrected chi connectivity index (χ1v) is 9.13. The quantitative estimate of drug-likeness (QED) is 0.452. The SMILES string of the molecule is Cc1cccc(OCCNC(=O)/C=C/c2ccc(Oc3cccnc3)c(F)c2)c1. The summed E-state index contributed by atoms with van der Waals surface area (Å²) in [5.41, 5.74) is 1.66. The summed E-state index contributed by atoms with van der Waals surface area (Å²) < 4.78 is 25.2. The van der Waals surface area contributed by atoms with Gasteiger partial charge in [0, 0.05) is 12.3 Å². The van der Waals surface area contributed by atoms with E-state index in [1.807, 2.05) is 31.2 Å². The Morgan fingerprint density at radius 2 is 2.00 bits per heavy atom. The lowest BCUT2D eigenvalue weighted by molar-refractivity contribution is -0.116. The fourth-order valence-electron chi connectivity index (χ4n) is 2.52. The van der Waals surface area contributed by atoms with Gasteiger partial charge in [-0.2, -0.15) is 0 Å². The van der Waals surface area contributed by atoms with Gasteiger partial charge in [0.1, 0.15) is 18.1 Å². The summed E-state index contributed by atoms with van der Waals surface area (Å²) in [7, 11) is 0. The van der Waals surface area contributed by atoms with Crippen LogP contribution in [0.15, 0.2) is 73.1 Å². The molecule has 0 atom stereocenters. The molecule has 5 nitrogen and oxygen atoms in total. The molecule has 0 bridgehead atoms. The number of halogens is 1. The van der Waals surface area contributed by atoms with Crippen molar-refractivity contribution in [2.24, 2.45) is 0 Å². The number of aromatic nitrogens is 1. The minimum atomic E-state index is -0.525. The average molecular weight is 392 g/mol. The summed E-state index contributed by atoms with van der Waals surface area (Å²) in [6.07, 6.45) is 5.99. The highest BCUT2D eigenvalue weighted by Gasteiger charge is 2.05. The standard InChI is InChI=1S/C23H21FN2O3/c1-17-4-2-5-19(14-17)28-13-12-26-23(27)10-8-18-7-9-22(21(24)15-18)29-20-6-3-11-25-16-20/h2-11,14-16H,12-13H2,1H3,(H,26,27)/b10-8+. The van der Waals surface area contributed by atoms with Gasteiger partial charge in [-0.25, -0.2) is 4.39 Å². The van der Waals surface area contributed by atoms with Crippen LogP contribution in [0.2, 0.25) is 0 Å². The Morgan fingerprint density at radius 3 is 2.76 bits per heavy atom. The number of ether oxygens (including phenoxy) is 2. The molecule has 1 aromatic heterocycles. The number of benzene rings is 2. The van der Waals surface area contributed by atoms with Crippen LogP contribution in [0, 0.1) is 12.7 Å². The molecule has 0 saturated carbocycles. The van der Waals surface area contributed by atoms with Crippen molar-refractivity contribution in [3.63, 3.8) is 0 Å². The smallest absolute Gasteiger partial charge is 0.244 e. The molecule has 0 radical (unpaired) electrons. The maximum Gasteiger partial charge on any atom is 0.244 e. The van der Waals surface area contributed by atoms with Gasteiger partial charge in [0.25, 0.3) is 0 Å². The molecule has 29 heavy (non-hydrogen) atoms. The second-order valence-electron chi connectivity index (χ2n) is 6.27. The number of nitrogens with one attached hydrogen (secondary N) is 1. The molecule has 3 rings (SSSR count). The van der Waals surface area contributed by atoms with Gasteiger partial charge in [-0.05, 0) is 60.5 Å². The second kappa shape index (κ2) is 10.0. The minimum Gasteiger partial charge on any atom is -0.492 e. The number of carbonyl (C=O) groups is 1. The van der Waals surface area contributed by atoms with Gasteiger partial charge >= 0.3 is 0 Å². The van der Waals surface area contributed by atoms with Crippen molar-refractivity contribution >= 4 is 12.0 Å². The van der Waals surface area contributed by atoms with E-state index in [9.17, 15) is 9.18 Å². The summed E-state index contributed by atoms with van der Waals surface area (Å²) in [5, 5.41) is 2.72. The van der Waals surface area contributed by atoms with E-state index >= 15 is 0 Å². The van der Waals surface area contributed by atoms with E-state index in [-0.39, 0.29) is 11.7 Å². The number of hydrogen-bond acceptors (Lipinski definition) is 4. The van der Waals surface area contributed by atoms with Gasteiger partial charge in [0.2, 0.25) is 5.91 Å². The first kappa shape index (κ1) is 20.1. The minimum absolute atomic E-state index is 0.0906. The summed E-state index contributed by atoms with van der Waals surface area (Å²) in [4.78, 5) is 15.8. The Hall–Kier alpha value is -3.67. The number of pyridine rings is 1. The summed E-state index contributed by atoms with van der Waals surface area (Å²) in [6, 6.07) is 15.6. The monoisotopic (exact) mass is 392 g/mol. The van der Waals surface area contributed by atoms with Crippen molar-refractivity contribution in [1.29, 1.82) is 0 Å². The van der Waals surface area contributed by atoms with E-state index in [1.54, 1.807) is 24.4 Å². The number of rotatable bonds is 8. The third-order valence-electron chi connectivity index (χ3n) is 3.90. The first-order chi connectivity index (χ1) is 14.1. The van der Waals surface area contributed by atoms with Crippen LogP contribution in [0.4, 0.5) is 4.39 Å². The third-order valence-corrected chi connectivity index (χ3v) is 3.90. The number of amides is 1. The van der Waals surface area contributed by atoms with Crippen LogP contribution in [0.1, 0.15) is 11.1 Å². The van der Waals surface area contributed by atoms with Crippen molar-refractivity contribution < 1.29 is 18.7 Å². The van der Waals surface area contributed by atoms with E-state index < -0.39 is 5.82 Å². The topological polar surface area (TPSA) is 60.5 Å². The van der Waals surface area contributed by atoms with Crippen molar-refractivity contribution in [2.45, 2.75) is 6.92 Å². The Balaban J connectivity index is 1.46. The van der Waals surface area contributed by atoms with Crippen LogP contribution in [0.5, 0.6) is 17.2 Å². The van der Waals surface area contributed by atoms with Crippen molar-refractivity contribution in [3.8, 4) is 17.2 Å². The molecular weight excluding hydrogens is 371 g/mol. The molecule has 0 saturated heterocycles. The van der Waals surface area contributed by atoms with E-state index in [4.69, 9.17) is 9.47 Å². The average Bonchev–Trinajstić information content (AvgIpc) is 2.72. The fourth-order valence-corrected chi connectivity index (χ4v) is 2.52. The number of aryl methyl sites for hydroxylation is 1. The van der Waals surface area contributed by atoms with Crippen LogP contribution in [-0.2, 0) is 4.79 Å². The molecule has 0 unspecified atom stereocenters. The molecule has 0 aliphatic carbocycles. The largest absolute Gasteiger partial charge is 0.492 e. The summed E-state index contributed by atoms with van der Waals surface area (Å²) in [6.45, 7) is 2.71. The number of nitrogens with zero attached hydrogens (tertiary/aromatic N) is 1. The van der Waals surface area contributed by atoms with Gasteiger partial charge in [-0.1, -0.05) is 18.2 Å². The molecular formula is C23H21FN2O3. The van der Waals surface area contributed by atoms with Crippen molar-refractivity contribution in [2.75, 3.05) is 13.2 Å². The van der Waals surface area contributed by atoms with Crippen LogP contribution in [-0.4, -0.2) is 24.0 Å². The molecule has 1 N–H and O–H groups in total. The van der Waals surface area contributed by atoms with E-state index in [0.29, 0.717) is 24.5 Å². The molecule has 148 valence electrons. The molecule has 2 aromatic carbocycles. The van der Waals surface area contributed by atoms with Gasteiger partial charge in [0.15, 0.2) is 11.6 Å². The van der Waals surface area contributed by atoms with Gasteiger partial charge in [0.05, 0.1) is 12.7 Å². The maximum absolute atomic E-state index is 14.2. The normalized spacial score (nSPS) is 10.7. The zero-order chi connectivity index (χ0) is 20.5. The summed E-state index contributed by atoms with van der Waals surface area (Å²) in [5.74, 6) is 0.491. The zero-order valence-electron chi connectivity index (χ0n) is 16.0. The number of carbonyl (C=O) groups excluding carboxylic acids is 1. The molecule has 0 spiro atoms. The molecule has 6 heteroatoms. The zero-order valence-corrected chi connectivity index (χ0v) is 16.0. The molecule has 0 aliphatic rings. The fraction of sp³-hybridized carbons (Fsp3) is 0.130. The lowest BCUT2D eigenvalue weighted by atomic mass is 10.2. The number of hydrogen-bond donors (Lipinski definition) is 1. The van der Waals surface area contributed by atoms with Gasteiger partial charge in [-0.15, -0.1) is 0 Å². The predicted octanol–water partition coefficient (Wildman–Crippen LogP) is 4.53. The predicted molar refractivity (Wildman–Crippen MR) is 109 cm³/mol. The Kier molecular flexibility index (Phi) is 6.95. The highest BCUT2D eigenvalue weighted by molar-refractivity contribution is 5.91. The Morgan fingerprint density at radius 1 is 1.14 bits per heavy atom. The Labute approximate surface area is 168 Å². The lowest BCUT2D eigenvalue weighted by Crippen LogP contribution is -2.26. The molecule has 0 fully saturated rings. The van der Waals surface area contributed by atoms with Crippen LogP contribution in [0.3, 0.4) is 0 Å². The van der Waals surface area contributed by atoms with Gasteiger partial charge < -0.3 is 14.8 Å². The lowest BCUT2D eigenvalue weighted by Gasteiger charge is -2.07. The van der Waals surface area contributed by atoms with Gasteiger partial charge in [-0.3, -0.25) is 9.78 Å². The van der Waals surface area contributed by atoms with E-state index in [2.05, 4.69) is 10.3 Å². The van der Waals surface area contributed by atoms with E-state index in [0.717, 1.165) is 11.3 Å². The highest BCUT2D eigenvalue weighted by Crippen LogP contribution is 2.24. The van der Waals surface area contributed by atoms with Crippen LogP contribution in [0.25, 0.3) is 6.08 Å². The summed E-state index contributed by atoms with van der Waals surface area (Å²) >= 11 is 0. The molecule has 1 heterocycles. The third kappa shape index (κ3) is 6.46.